The van der Waals surface area contributed by atoms with Gasteiger partial charge in [0, 0.05) is 29.2 Å². The summed E-state index contributed by atoms with van der Waals surface area (Å²) in [7, 11) is 0. The van der Waals surface area contributed by atoms with E-state index in [0.717, 1.165) is 5.56 Å². The second kappa shape index (κ2) is 10.7. The van der Waals surface area contributed by atoms with Gasteiger partial charge in [-0.3, -0.25) is 4.98 Å². The molecule has 0 bridgehead atoms. The van der Waals surface area contributed by atoms with Crippen molar-refractivity contribution in [3.63, 3.8) is 0 Å². The number of anilines is 2. The summed E-state index contributed by atoms with van der Waals surface area (Å²) in [6.07, 6.45) is 1.70. The highest BCUT2D eigenvalue weighted by Gasteiger charge is 2.13. The van der Waals surface area contributed by atoms with Gasteiger partial charge in [-0.05, 0) is 62.4 Å². The maximum atomic E-state index is 12.7. The zero-order valence-corrected chi connectivity index (χ0v) is 20.4. The number of nitrogens with one attached hydrogen (secondary N) is 2. The highest BCUT2D eigenvalue weighted by molar-refractivity contribution is 6.00. The number of nitrogens with zero attached hydrogens (tertiary/aromatic N) is 5. The van der Waals surface area contributed by atoms with E-state index in [1.54, 1.807) is 28.9 Å². The first-order valence-corrected chi connectivity index (χ1v) is 11.9. The van der Waals surface area contributed by atoms with Crippen LogP contribution in [0.2, 0.25) is 0 Å². The number of carbonyl (C=O) groups excluding carboxylic acids is 1. The SMILES string of the molecule is CCOc1ccc(NC(=O)Nc2cccc(-c3ccc4nnc(-c5ccccn5)n4n3)c2)cc1OCC. The second-order valence-corrected chi connectivity index (χ2v) is 7.91. The van der Waals surface area contributed by atoms with Gasteiger partial charge in [0.25, 0.3) is 0 Å². The van der Waals surface area contributed by atoms with Crippen LogP contribution in [0.15, 0.2) is 79.0 Å². The van der Waals surface area contributed by atoms with Crippen molar-refractivity contribution >= 4 is 23.1 Å². The van der Waals surface area contributed by atoms with Gasteiger partial charge in [0.1, 0.15) is 5.69 Å². The van der Waals surface area contributed by atoms with Crippen molar-refractivity contribution in [3.05, 3.63) is 79.0 Å². The van der Waals surface area contributed by atoms with Gasteiger partial charge in [-0.15, -0.1) is 10.2 Å². The topological polar surface area (TPSA) is 116 Å². The Bertz CT molecular complexity index is 1540. The Kier molecular flexibility index (Phi) is 6.89. The molecule has 0 aliphatic rings. The van der Waals surface area contributed by atoms with Crippen molar-refractivity contribution < 1.29 is 14.3 Å². The molecule has 0 aliphatic heterocycles. The summed E-state index contributed by atoms with van der Waals surface area (Å²) in [5.74, 6) is 1.75. The minimum absolute atomic E-state index is 0.386. The number of urea groups is 1. The third-order valence-corrected chi connectivity index (χ3v) is 5.37. The van der Waals surface area contributed by atoms with Crippen LogP contribution in [0.4, 0.5) is 16.2 Å². The summed E-state index contributed by atoms with van der Waals surface area (Å²) in [6, 6.07) is 21.6. The molecule has 0 spiro atoms. The van der Waals surface area contributed by atoms with E-state index in [1.807, 2.05) is 68.4 Å². The summed E-state index contributed by atoms with van der Waals surface area (Å²) >= 11 is 0. The van der Waals surface area contributed by atoms with Gasteiger partial charge in [-0.2, -0.15) is 9.61 Å². The van der Waals surface area contributed by atoms with Crippen molar-refractivity contribution in [2.45, 2.75) is 13.8 Å². The summed E-state index contributed by atoms with van der Waals surface area (Å²) in [6.45, 7) is 4.81. The molecule has 2 aromatic carbocycles. The van der Waals surface area contributed by atoms with E-state index in [-0.39, 0.29) is 6.03 Å². The van der Waals surface area contributed by atoms with Crippen LogP contribution in [-0.2, 0) is 0 Å². The molecule has 0 aliphatic carbocycles. The average molecular weight is 496 g/mol. The Labute approximate surface area is 213 Å². The molecule has 0 radical (unpaired) electrons. The Morgan fingerprint density at radius 1 is 0.811 bits per heavy atom. The van der Waals surface area contributed by atoms with Crippen LogP contribution in [0.1, 0.15) is 13.8 Å². The lowest BCUT2D eigenvalue weighted by Gasteiger charge is -2.13. The van der Waals surface area contributed by atoms with E-state index < -0.39 is 0 Å². The highest BCUT2D eigenvalue weighted by atomic mass is 16.5. The third-order valence-electron chi connectivity index (χ3n) is 5.37. The molecule has 37 heavy (non-hydrogen) atoms. The minimum Gasteiger partial charge on any atom is -0.490 e. The maximum Gasteiger partial charge on any atom is 0.323 e. The van der Waals surface area contributed by atoms with Crippen molar-refractivity contribution in [1.82, 2.24) is 24.8 Å². The van der Waals surface area contributed by atoms with Crippen molar-refractivity contribution in [2.24, 2.45) is 0 Å². The Balaban J connectivity index is 1.34. The number of amides is 2. The normalized spacial score (nSPS) is 10.8. The molecule has 0 unspecified atom stereocenters. The molecule has 5 rings (SSSR count). The lowest BCUT2D eigenvalue weighted by atomic mass is 10.1. The summed E-state index contributed by atoms with van der Waals surface area (Å²) in [5.41, 5.74) is 4.00. The van der Waals surface area contributed by atoms with E-state index in [0.29, 0.717) is 58.9 Å². The van der Waals surface area contributed by atoms with Gasteiger partial charge >= 0.3 is 6.03 Å². The van der Waals surface area contributed by atoms with E-state index in [4.69, 9.17) is 14.6 Å². The number of fused-ring (bicyclic) bond motifs is 1. The van der Waals surface area contributed by atoms with E-state index in [2.05, 4.69) is 25.8 Å². The molecule has 2 amide bonds. The van der Waals surface area contributed by atoms with Crippen LogP contribution in [0.5, 0.6) is 11.5 Å². The number of hydrogen-bond donors (Lipinski definition) is 2. The first-order valence-electron chi connectivity index (χ1n) is 11.9. The average Bonchev–Trinajstić information content (AvgIpc) is 3.34. The fraction of sp³-hybridized carbons (Fsp3) is 0.148. The molecule has 2 N–H and O–H groups in total. The number of rotatable bonds is 8. The molecule has 10 nitrogen and oxygen atoms in total. The van der Waals surface area contributed by atoms with Crippen LogP contribution in [0.3, 0.4) is 0 Å². The number of benzene rings is 2. The molecular formula is C27H25N7O3. The molecule has 0 atom stereocenters. The Morgan fingerprint density at radius 3 is 2.41 bits per heavy atom. The molecular weight excluding hydrogens is 470 g/mol. The van der Waals surface area contributed by atoms with Crippen molar-refractivity contribution in [3.8, 4) is 34.3 Å². The van der Waals surface area contributed by atoms with Crippen LogP contribution in [0.25, 0.3) is 28.4 Å². The van der Waals surface area contributed by atoms with Crippen LogP contribution in [-0.4, -0.2) is 44.0 Å². The minimum atomic E-state index is -0.386. The fourth-order valence-electron chi connectivity index (χ4n) is 3.78. The van der Waals surface area contributed by atoms with Gasteiger partial charge in [-0.1, -0.05) is 18.2 Å². The highest BCUT2D eigenvalue weighted by Crippen LogP contribution is 2.31. The first kappa shape index (κ1) is 23.7. The maximum absolute atomic E-state index is 12.7. The van der Waals surface area contributed by atoms with Gasteiger partial charge in [0.05, 0.1) is 18.9 Å². The van der Waals surface area contributed by atoms with E-state index >= 15 is 0 Å². The predicted molar refractivity (Wildman–Crippen MR) is 141 cm³/mol. The molecule has 3 aromatic heterocycles. The number of aromatic nitrogens is 5. The summed E-state index contributed by atoms with van der Waals surface area (Å²) in [4.78, 5) is 17.1. The van der Waals surface area contributed by atoms with Gasteiger partial charge in [0.2, 0.25) is 5.82 Å². The second-order valence-electron chi connectivity index (χ2n) is 7.91. The predicted octanol–water partition coefficient (Wildman–Crippen LogP) is 5.29. The summed E-state index contributed by atoms with van der Waals surface area (Å²) in [5, 5.41) is 18.8. The van der Waals surface area contributed by atoms with E-state index in [1.165, 1.54) is 0 Å². The lowest BCUT2D eigenvalue weighted by molar-refractivity contribution is 0.262. The van der Waals surface area contributed by atoms with Crippen LogP contribution < -0.4 is 20.1 Å². The molecule has 5 aromatic rings. The number of hydrogen-bond acceptors (Lipinski definition) is 7. The van der Waals surface area contributed by atoms with E-state index in [9.17, 15) is 4.79 Å². The number of carbonyl (C=O) groups is 1. The zero-order chi connectivity index (χ0) is 25.6. The number of ether oxygens (including phenoxy) is 2. The molecule has 186 valence electrons. The summed E-state index contributed by atoms with van der Waals surface area (Å²) < 4.78 is 12.9. The first-order chi connectivity index (χ1) is 18.1. The molecule has 3 heterocycles. The van der Waals surface area contributed by atoms with Crippen molar-refractivity contribution in [1.29, 1.82) is 0 Å². The largest absolute Gasteiger partial charge is 0.490 e. The van der Waals surface area contributed by atoms with Gasteiger partial charge < -0.3 is 20.1 Å². The number of pyridine rings is 1. The van der Waals surface area contributed by atoms with Gasteiger partial charge in [-0.25, -0.2) is 4.79 Å². The quantitative estimate of drug-likeness (QED) is 0.300. The Hall–Kier alpha value is -4.99. The molecule has 0 saturated carbocycles. The standard InChI is InChI=1S/C27H25N7O3/c1-3-36-23-13-11-20(17-24(23)37-4-2)30-27(35)29-19-9-7-8-18(16-19)21-12-14-25-31-32-26(34(25)33-21)22-10-5-6-15-28-22/h5-17H,3-4H2,1-2H3,(H2,29,30,35). The molecule has 0 saturated heterocycles. The Morgan fingerprint density at radius 2 is 1.62 bits per heavy atom. The van der Waals surface area contributed by atoms with Gasteiger partial charge in [0.15, 0.2) is 17.1 Å². The lowest BCUT2D eigenvalue weighted by Crippen LogP contribution is -2.19. The van der Waals surface area contributed by atoms with Crippen LogP contribution in [0, 0.1) is 0 Å². The smallest absolute Gasteiger partial charge is 0.323 e. The molecule has 0 fully saturated rings. The third kappa shape index (κ3) is 5.32. The molecule has 10 heteroatoms. The fourth-order valence-corrected chi connectivity index (χ4v) is 3.78. The van der Waals surface area contributed by atoms with Crippen LogP contribution >= 0.6 is 0 Å². The monoisotopic (exact) mass is 495 g/mol. The van der Waals surface area contributed by atoms with Crippen molar-refractivity contribution in [2.75, 3.05) is 23.8 Å². The zero-order valence-electron chi connectivity index (χ0n) is 20.4.